The standard InChI is InChI=1S/C27H23ClN2O5/c28-18-11-13-19(14-12-18)30(16-26(32)33)25(31)10-5-15-29-27(34)35-17-24-22-8-3-1-6-20(22)21-7-2-4-9-23(21)24/h1-14,24H,15-17H2,(H,29,34)(H,32,33)/b10-5+. The van der Waals surface area contributed by atoms with Gasteiger partial charge in [-0.15, -0.1) is 0 Å². The summed E-state index contributed by atoms with van der Waals surface area (Å²) in [7, 11) is 0. The topological polar surface area (TPSA) is 95.9 Å². The lowest BCUT2D eigenvalue weighted by atomic mass is 9.98. The lowest BCUT2D eigenvalue weighted by Crippen LogP contribution is -2.34. The molecule has 0 bridgehead atoms. The number of nitrogens with zero attached hydrogens (tertiary/aromatic N) is 1. The Bertz CT molecular complexity index is 1230. The van der Waals surface area contributed by atoms with Crippen LogP contribution in [0.3, 0.4) is 0 Å². The van der Waals surface area contributed by atoms with Crippen LogP contribution in [0.25, 0.3) is 11.1 Å². The number of carboxylic acid groups (broad SMARTS) is 1. The van der Waals surface area contributed by atoms with Crippen molar-refractivity contribution in [2.24, 2.45) is 0 Å². The predicted octanol–water partition coefficient (Wildman–Crippen LogP) is 4.85. The Morgan fingerprint density at radius 3 is 2.14 bits per heavy atom. The van der Waals surface area contributed by atoms with Crippen LogP contribution < -0.4 is 10.2 Å². The highest BCUT2D eigenvalue weighted by molar-refractivity contribution is 6.30. The number of carboxylic acids is 1. The molecule has 0 aromatic heterocycles. The molecule has 0 radical (unpaired) electrons. The molecule has 178 valence electrons. The van der Waals surface area contributed by atoms with E-state index in [1.807, 2.05) is 36.4 Å². The Labute approximate surface area is 207 Å². The number of alkyl carbamates (subject to hydrolysis) is 1. The molecular formula is C27H23ClN2O5. The molecular weight excluding hydrogens is 468 g/mol. The third kappa shape index (κ3) is 5.70. The van der Waals surface area contributed by atoms with E-state index >= 15 is 0 Å². The van der Waals surface area contributed by atoms with E-state index in [4.69, 9.17) is 21.4 Å². The first-order chi connectivity index (χ1) is 16.9. The molecule has 0 fully saturated rings. The molecule has 2 amide bonds. The second kappa shape index (κ2) is 10.9. The van der Waals surface area contributed by atoms with Crippen molar-refractivity contribution in [1.82, 2.24) is 5.32 Å². The Morgan fingerprint density at radius 2 is 1.54 bits per heavy atom. The van der Waals surface area contributed by atoms with Gasteiger partial charge in [0.1, 0.15) is 13.2 Å². The van der Waals surface area contributed by atoms with Crippen molar-refractivity contribution in [1.29, 1.82) is 0 Å². The van der Waals surface area contributed by atoms with Gasteiger partial charge in [-0.25, -0.2) is 4.79 Å². The second-order valence-corrected chi connectivity index (χ2v) is 8.34. The summed E-state index contributed by atoms with van der Waals surface area (Å²) in [5, 5.41) is 12.2. The lowest BCUT2D eigenvalue weighted by molar-refractivity contribution is -0.136. The minimum absolute atomic E-state index is 0.0456. The van der Waals surface area contributed by atoms with Gasteiger partial charge < -0.3 is 15.2 Å². The molecule has 3 aromatic carbocycles. The average molecular weight is 491 g/mol. The summed E-state index contributed by atoms with van der Waals surface area (Å²) >= 11 is 5.86. The Morgan fingerprint density at radius 1 is 0.943 bits per heavy atom. The Hall–Kier alpha value is -4.10. The fraction of sp³-hybridized carbons (Fsp3) is 0.148. The van der Waals surface area contributed by atoms with Crippen LogP contribution in [0.1, 0.15) is 17.0 Å². The molecule has 0 saturated carbocycles. The van der Waals surface area contributed by atoms with Gasteiger partial charge in [-0.05, 0) is 46.5 Å². The van der Waals surface area contributed by atoms with Crippen LogP contribution in [0.4, 0.5) is 10.5 Å². The van der Waals surface area contributed by atoms with Crippen molar-refractivity contribution in [3.05, 3.63) is 101 Å². The first kappa shape index (κ1) is 24.0. The number of benzene rings is 3. The summed E-state index contributed by atoms with van der Waals surface area (Å²) in [6.07, 6.45) is 2.04. The number of amides is 2. The number of carbonyl (C=O) groups is 3. The molecule has 4 rings (SSSR count). The highest BCUT2D eigenvalue weighted by atomic mass is 35.5. The van der Waals surface area contributed by atoms with E-state index < -0.39 is 24.5 Å². The van der Waals surface area contributed by atoms with Crippen molar-refractivity contribution in [2.45, 2.75) is 5.92 Å². The molecule has 0 unspecified atom stereocenters. The molecule has 3 aromatic rings. The lowest BCUT2D eigenvalue weighted by Gasteiger charge is -2.19. The van der Waals surface area contributed by atoms with E-state index in [0.717, 1.165) is 27.2 Å². The highest BCUT2D eigenvalue weighted by Gasteiger charge is 2.28. The molecule has 1 aliphatic rings. The van der Waals surface area contributed by atoms with Crippen LogP contribution in [-0.4, -0.2) is 42.8 Å². The summed E-state index contributed by atoms with van der Waals surface area (Å²) in [6.45, 7) is -0.278. The fourth-order valence-electron chi connectivity index (χ4n) is 4.09. The fourth-order valence-corrected chi connectivity index (χ4v) is 4.22. The predicted molar refractivity (Wildman–Crippen MR) is 134 cm³/mol. The molecule has 0 spiro atoms. The van der Waals surface area contributed by atoms with Gasteiger partial charge in [0, 0.05) is 29.2 Å². The monoisotopic (exact) mass is 490 g/mol. The van der Waals surface area contributed by atoms with Crippen LogP contribution >= 0.6 is 11.6 Å². The molecule has 0 saturated heterocycles. The van der Waals surface area contributed by atoms with Crippen molar-refractivity contribution in [2.75, 3.05) is 24.6 Å². The zero-order chi connectivity index (χ0) is 24.8. The van der Waals surface area contributed by atoms with E-state index in [-0.39, 0.29) is 19.1 Å². The van der Waals surface area contributed by atoms with Gasteiger partial charge in [-0.2, -0.15) is 0 Å². The minimum atomic E-state index is -1.15. The van der Waals surface area contributed by atoms with Crippen molar-refractivity contribution >= 4 is 35.3 Å². The first-order valence-corrected chi connectivity index (χ1v) is 11.4. The number of anilines is 1. The molecule has 0 atom stereocenters. The number of ether oxygens (including phenoxy) is 1. The largest absolute Gasteiger partial charge is 0.480 e. The number of hydrogen-bond donors (Lipinski definition) is 2. The highest BCUT2D eigenvalue weighted by Crippen LogP contribution is 2.44. The van der Waals surface area contributed by atoms with Gasteiger partial charge in [0.15, 0.2) is 0 Å². The average Bonchev–Trinajstić information content (AvgIpc) is 3.18. The number of halogens is 1. The SMILES string of the molecule is O=C(O)CN(C(=O)/C=C/CNC(=O)OCC1c2ccccc2-c2ccccc21)c1ccc(Cl)cc1. The van der Waals surface area contributed by atoms with Gasteiger partial charge >= 0.3 is 12.1 Å². The quantitative estimate of drug-likeness (QED) is 0.440. The van der Waals surface area contributed by atoms with Gasteiger partial charge in [0.25, 0.3) is 5.91 Å². The van der Waals surface area contributed by atoms with E-state index in [2.05, 4.69) is 17.4 Å². The van der Waals surface area contributed by atoms with Crippen LogP contribution in [0.5, 0.6) is 0 Å². The zero-order valence-electron chi connectivity index (χ0n) is 18.7. The smallest absolute Gasteiger partial charge is 0.407 e. The molecule has 2 N–H and O–H groups in total. The number of nitrogens with one attached hydrogen (secondary N) is 1. The van der Waals surface area contributed by atoms with E-state index in [0.29, 0.717) is 10.7 Å². The normalized spacial score (nSPS) is 12.1. The van der Waals surface area contributed by atoms with Crippen molar-refractivity contribution < 1.29 is 24.2 Å². The van der Waals surface area contributed by atoms with Gasteiger partial charge in [-0.3, -0.25) is 14.5 Å². The number of hydrogen-bond acceptors (Lipinski definition) is 4. The van der Waals surface area contributed by atoms with Crippen LogP contribution in [0.2, 0.25) is 5.02 Å². The summed E-state index contributed by atoms with van der Waals surface area (Å²) in [5.74, 6) is -1.74. The van der Waals surface area contributed by atoms with Crippen LogP contribution in [-0.2, 0) is 14.3 Å². The first-order valence-electron chi connectivity index (χ1n) is 11.0. The minimum Gasteiger partial charge on any atom is -0.480 e. The molecule has 0 heterocycles. The van der Waals surface area contributed by atoms with E-state index in [9.17, 15) is 14.4 Å². The molecule has 8 heteroatoms. The van der Waals surface area contributed by atoms with E-state index in [1.165, 1.54) is 12.2 Å². The summed E-state index contributed by atoms with van der Waals surface area (Å²) in [6, 6.07) is 22.4. The summed E-state index contributed by atoms with van der Waals surface area (Å²) in [5.41, 5.74) is 4.92. The Balaban J connectivity index is 1.31. The molecule has 7 nitrogen and oxygen atoms in total. The summed E-state index contributed by atoms with van der Waals surface area (Å²) in [4.78, 5) is 37.1. The zero-order valence-corrected chi connectivity index (χ0v) is 19.4. The van der Waals surface area contributed by atoms with Crippen LogP contribution in [0.15, 0.2) is 84.9 Å². The van der Waals surface area contributed by atoms with Gasteiger partial charge in [0.05, 0.1) is 0 Å². The number of carbonyl (C=O) groups excluding carboxylic acids is 2. The second-order valence-electron chi connectivity index (χ2n) is 7.90. The van der Waals surface area contributed by atoms with Crippen molar-refractivity contribution in [3.8, 4) is 11.1 Å². The molecule has 35 heavy (non-hydrogen) atoms. The summed E-state index contributed by atoms with van der Waals surface area (Å²) < 4.78 is 5.46. The van der Waals surface area contributed by atoms with Crippen molar-refractivity contribution in [3.63, 3.8) is 0 Å². The number of aliphatic carboxylic acids is 1. The maximum absolute atomic E-state index is 12.5. The number of fused-ring (bicyclic) bond motifs is 3. The third-order valence-corrected chi connectivity index (χ3v) is 5.92. The maximum atomic E-state index is 12.5. The Kier molecular flexibility index (Phi) is 7.48. The third-order valence-electron chi connectivity index (χ3n) is 5.67. The van der Waals surface area contributed by atoms with Gasteiger partial charge in [-0.1, -0.05) is 66.2 Å². The molecule has 0 aliphatic heterocycles. The maximum Gasteiger partial charge on any atom is 0.407 e. The van der Waals surface area contributed by atoms with Gasteiger partial charge in [0.2, 0.25) is 0 Å². The number of rotatable bonds is 8. The van der Waals surface area contributed by atoms with E-state index in [1.54, 1.807) is 24.3 Å². The van der Waals surface area contributed by atoms with Crippen LogP contribution in [0, 0.1) is 0 Å². The molecule has 1 aliphatic carbocycles.